The first-order valence-corrected chi connectivity index (χ1v) is 15.0. The summed E-state index contributed by atoms with van der Waals surface area (Å²) in [5, 5.41) is 10.3. The van der Waals surface area contributed by atoms with Gasteiger partial charge in [0.25, 0.3) is 5.91 Å². The summed E-state index contributed by atoms with van der Waals surface area (Å²) in [4.78, 5) is 52.7. The topological polar surface area (TPSA) is 120 Å². The third kappa shape index (κ3) is 9.15. The number of nitrogens with zero attached hydrogens (tertiary/aromatic N) is 1. The van der Waals surface area contributed by atoms with Crippen LogP contribution in [0.5, 0.6) is 0 Å². The molecular formula is C32H49N5O4. The number of hydrazine groups is 1. The standard InChI is InChI=1S/C32H49N5O4/c1-20(2)27-24-13-8-11-23(19-24)12-9-16-32(6,7)17-15-26(38)34-28(21(3)4)30(40)33-22(5)31(41)37-18-10-14-25(36-37)29(39)35-27/h8-9,11-13,19-22,25,27-28,36H,10,14-18H2,1-7H3,(H,33,40)(H,34,38)(H,35,39)/t22-,25-,27+,28-/m0/s1. The van der Waals surface area contributed by atoms with Crippen LogP contribution in [0.2, 0.25) is 0 Å². The predicted molar refractivity (Wildman–Crippen MR) is 161 cm³/mol. The molecule has 0 aliphatic carbocycles. The number of carbonyl (C=O) groups is 4. The van der Waals surface area contributed by atoms with Crippen molar-refractivity contribution in [3.8, 4) is 0 Å². The lowest BCUT2D eigenvalue weighted by Crippen LogP contribution is -2.62. The highest BCUT2D eigenvalue weighted by molar-refractivity contribution is 5.92. The van der Waals surface area contributed by atoms with Crippen LogP contribution >= 0.6 is 0 Å². The van der Waals surface area contributed by atoms with Gasteiger partial charge in [0.05, 0.1) is 6.04 Å². The summed E-state index contributed by atoms with van der Waals surface area (Å²) in [6.07, 6.45) is 7.22. The normalized spacial score (nSPS) is 27.0. The average Bonchev–Trinajstić information content (AvgIpc) is 2.92. The highest BCUT2D eigenvalue weighted by atomic mass is 16.2. The summed E-state index contributed by atoms with van der Waals surface area (Å²) in [5.41, 5.74) is 5.04. The van der Waals surface area contributed by atoms with Crippen molar-refractivity contribution >= 4 is 29.7 Å². The number of amides is 4. The molecule has 226 valence electrons. The Bertz CT molecular complexity index is 1130. The largest absolute Gasteiger partial charge is 0.348 e. The van der Waals surface area contributed by atoms with Gasteiger partial charge in [0.15, 0.2) is 0 Å². The SMILES string of the molecule is CC(C)[C@@H]1NC(=O)CCC(C)(C)CC=Cc2cccc(c2)[C@@H](C(C)C)NC(=O)[C@@H]2CCCN(N2)C(=O)[C@H](C)NC1=O. The summed E-state index contributed by atoms with van der Waals surface area (Å²) in [7, 11) is 0. The van der Waals surface area contributed by atoms with E-state index in [0.717, 1.165) is 17.5 Å². The van der Waals surface area contributed by atoms with Crippen molar-refractivity contribution in [2.45, 2.75) is 105 Å². The maximum absolute atomic E-state index is 13.4. The molecule has 1 aromatic carbocycles. The third-order valence-corrected chi connectivity index (χ3v) is 8.01. The molecule has 1 aromatic rings. The summed E-state index contributed by atoms with van der Waals surface area (Å²) in [5.74, 6) is -1.08. The van der Waals surface area contributed by atoms with E-state index in [9.17, 15) is 19.2 Å². The minimum Gasteiger partial charge on any atom is -0.348 e. The van der Waals surface area contributed by atoms with Gasteiger partial charge in [0.2, 0.25) is 17.7 Å². The Hall–Kier alpha value is -3.20. The second-order valence-corrected chi connectivity index (χ2v) is 13.0. The molecule has 9 heteroatoms. The molecule has 0 spiro atoms. The number of rotatable bonds is 2. The Kier molecular flexibility index (Phi) is 11.1. The zero-order valence-electron chi connectivity index (χ0n) is 25.8. The summed E-state index contributed by atoms with van der Waals surface area (Å²) >= 11 is 0. The lowest BCUT2D eigenvalue weighted by molar-refractivity contribution is -0.143. The average molecular weight is 568 g/mol. The molecule has 1 fully saturated rings. The number of carbonyl (C=O) groups excluding carboxylic acids is 4. The highest BCUT2D eigenvalue weighted by Crippen LogP contribution is 2.29. The molecule has 4 N–H and O–H groups in total. The second kappa shape index (κ2) is 14.1. The van der Waals surface area contributed by atoms with E-state index in [-0.39, 0.29) is 41.0 Å². The van der Waals surface area contributed by atoms with Crippen LogP contribution in [0.25, 0.3) is 6.08 Å². The van der Waals surface area contributed by atoms with E-state index in [0.29, 0.717) is 32.2 Å². The Morgan fingerprint density at radius 2 is 1.63 bits per heavy atom. The van der Waals surface area contributed by atoms with Crippen LogP contribution in [0, 0.1) is 17.3 Å². The number of nitrogens with one attached hydrogen (secondary N) is 4. The fourth-order valence-electron chi connectivity index (χ4n) is 5.33. The van der Waals surface area contributed by atoms with Gasteiger partial charge < -0.3 is 16.0 Å². The van der Waals surface area contributed by atoms with E-state index in [1.165, 1.54) is 5.01 Å². The van der Waals surface area contributed by atoms with Crippen LogP contribution in [0.4, 0.5) is 0 Å². The second-order valence-electron chi connectivity index (χ2n) is 13.0. The van der Waals surface area contributed by atoms with Gasteiger partial charge in [-0.1, -0.05) is 71.9 Å². The fraction of sp³-hybridized carbons (Fsp3) is 0.625. The Balaban J connectivity index is 1.90. The van der Waals surface area contributed by atoms with Gasteiger partial charge in [-0.2, -0.15) is 0 Å². The Labute approximate surface area is 245 Å². The lowest BCUT2D eigenvalue weighted by atomic mass is 9.84. The Morgan fingerprint density at radius 1 is 0.927 bits per heavy atom. The number of fused-ring (bicyclic) bond motifs is 4. The van der Waals surface area contributed by atoms with Crippen LogP contribution in [-0.2, 0) is 19.2 Å². The molecule has 41 heavy (non-hydrogen) atoms. The minimum atomic E-state index is -0.829. The monoisotopic (exact) mass is 567 g/mol. The van der Waals surface area contributed by atoms with Gasteiger partial charge in [-0.3, -0.25) is 24.2 Å². The molecule has 4 atom stereocenters. The third-order valence-electron chi connectivity index (χ3n) is 8.01. The maximum atomic E-state index is 13.4. The molecule has 0 radical (unpaired) electrons. The first kappa shape index (κ1) is 32.3. The van der Waals surface area contributed by atoms with Crippen LogP contribution < -0.4 is 21.4 Å². The van der Waals surface area contributed by atoms with Crippen LogP contribution in [0.3, 0.4) is 0 Å². The molecule has 2 aliphatic heterocycles. The molecule has 0 saturated carbocycles. The van der Waals surface area contributed by atoms with Crippen LogP contribution in [0.1, 0.15) is 97.7 Å². The van der Waals surface area contributed by atoms with Gasteiger partial charge in [-0.25, -0.2) is 5.43 Å². The number of benzene rings is 1. The minimum absolute atomic E-state index is 0.118. The number of hydrogen-bond donors (Lipinski definition) is 4. The summed E-state index contributed by atoms with van der Waals surface area (Å²) < 4.78 is 0. The smallest absolute Gasteiger partial charge is 0.258 e. The van der Waals surface area contributed by atoms with Gasteiger partial charge in [-0.05, 0) is 67.1 Å². The van der Waals surface area contributed by atoms with Crippen LogP contribution in [0.15, 0.2) is 30.3 Å². The van der Waals surface area contributed by atoms with E-state index >= 15 is 0 Å². The van der Waals surface area contributed by atoms with E-state index in [1.54, 1.807) is 6.92 Å². The maximum Gasteiger partial charge on any atom is 0.258 e. The quantitative estimate of drug-likeness (QED) is 0.433. The van der Waals surface area contributed by atoms with Crippen molar-refractivity contribution < 1.29 is 19.2 Å². The molecule has 0 aromatic heterocycles. The van der Waals surface area contributed by atoms with Crippen molar-refractivity contribution in [2.24, 2.45) is 17.3 Å². The van der Waals surface area contributed by atoms with Gasteiger partial charge in [-0.15, -0.1) is 0 Å². The molecule has 4 bridgehead atoms. The zero-order chi connectivity index (χ0) is 30.3. The van der Waals surface area contributed by atoms with Crippen molar-refractivity contribution in [1.29, 1.82) is 0 Å². The van der Waals surface area contributed by atoms with E-state index in [4.69, 9.17) is 0 Å². The molecule has 0 unspecified atom stereocenters. The molecule has 9 nitrogen and oxygen atoms in total. The molecule has 2 aliphatic rings. The van der Waals surface area contributed by atoms with E-state index in [1.807, 2.05) is 32.0 Å². The van der Waals surface area contributed by atoms with Crippen molar-refractivity contribution in [3.63, 3.8) is 0 Å². The van der Waals surface area contributed by atoms with Crippen molar-refractivity contribution in [3.05, 3.63) is 41.5 Å². The highest BCUT2D eigenvalue weighted by Gasteiger charge is 2.34. The van der Waals surface area contributed by atoms with Gasteiger partial charge in [0, 0.05) is 13.0 Å². The molecule has 2 heterocycles. The first-order valence-electron chi connectivity index (χ1n) is 15.0. The predicted octanol–water partition coefficient (Wildman–Crippen LogP) is 3.86. The van der Waals surface area contributed by atoms with Gasteiger partial charge >= 0.3 is 0 Å². The Morgan fingerprint density at radius 3 is 2.32 bits per heavy atom. The molecule has 3 rings (SSSR count). The first-order chi connectivity index (χ1) is 19.3. The van der Waals surface area contributed by atoms with E-state index in [2.05, 4.69) is 67.3 Å². The zero-order valence-corrected chi connectivity index (χ0v) is 25.8. The van der Waals surface area contributed by atoms with Gasteiger partial charge in [0.1, 0.15) is 18.1 Å². The number of hydrogen-bond acceptors (Lipinski definition) is 5. The molecular weight excluding hydrogens is 518 g/mol. The lowest BCUT2D eigenvalue weighted by Gasteiger charge is -2.36. The molecule has 4 amide bonds. The summed E-state index contributed by atoms with van der Waals surface area (Å²) in [6, 6.07) is 5.84. The van der Waals surface area contributed by atoms with E-state index < -0.39 is 24.0 Å². The van der Waals surface area contributed by atoms with Crippen molar-refractivity contribution in [1.82, 2.24) is 26.4 Å². The molecule has 1 saturated heterocycles. The summed E-state index contributed by atoms with van der Waals surface area (Å²) in [6.45, 7) is 14.2. The van der Waals surface area contributed by atoms with Crippen LogP contribution in [-0.4, -0.2) is 53.3 Å². The fourth-order valence-corrected chi connectivity index (χ4v) is 5.33. The number of allylic oxidation sites excluding steroid dienone is 1. The van der Waals surface area contributed by atoms with Crippen molar-refractivity contribution in [2.75, 3.05) is 6.54 Å².